The Bertz CT molecular complexity index is 727. The molecule has 1 atom stereocenters. The van der Waals surface area contributed by atoms with Gasteiger partial charge in [-0.2, -0.15) is 0 Å². The number of benzene rings is 2. The largest absolute Gasteiger partial charge is 0.496 e. The normalized spacial score (nSPS) is 11.7. The average molecular weight is 355 g/mol. The average Bonchev–Trinajstić information content (AvgIpc) is 2.64. The van der Waals surface area contributed by atoms with Crippen LogP contribution >= 0.6 is 0 Å². The zero-order valence-corrected chi connectivity index (χ0v) is 16.2. The van der Waals surface area contributed by atoms with E-state index in [1.807, 2.05) is 51.1 Å². The van der Waals surface area contributed by atoms with Crippen molar-refractivity contribution in [1.29, 1.82) is 0 Å². The minimum atomic E-state index is -0.470. The van der Waals surface area contributed by atoms with Crippen LogP contribution in [0.4, 0.5) is 0 Å². The fourth-order valence-electron chi connectivity index (χ4n) is 2.92. The number of carbonyl (C=O) groups excluding carboxylic acids is 1. The van der Waals surface area contributed by atoms with E-state index in [2.05, 4.69) is 17.4 Å². The minimum Gasteiger partial charge on any atom is -0.496 e. The summed E-state index contributed by atoms with van der Waals surface area (Å²) in [5.41, 5.74) is 3.39. The smallest absolute Gasteiger partial charge is 0.261 e. The molecule has 0 spiro atoms. The van der Waals surface area contributed by atoms with Gasteiger partial charge in [-0.25, -0.2) is 0 Å². The highest BCUT2D eigenvalue weighted by Gasteiger charge is 2.18. The highest BCUT2D eigenvalue weighted by Crippen LogP contribution is 2.21. The predicted octanol–water partition coefficient (Wildman–Crippen LogP) is 4.22. The van der Waals surface area contributed by atoms with Crippen LogP contribution < -0.4 is 14.8 Å². The summed E-state index contributed by atoms with van der Waals surface area (Å²) in [5, 5.41) is 2.99. The summed E-state index contributed by atoms with van der Waals surface area (Å²) in [7, 11) is 1.68. The first kappa shape index (κ1) is 19.8. The maximum absolute atomic E-state index is 12.4. The van der Waals surface area contributed by atoms with E-state index in [9.17, 15) is 4.79 Å². The van der Waals surface area contributed by atoms with Crippen LogP contribution in [0.25, 0.3) is 0 Å². The van der Waals surface area contributed by atoms with Crippen molar-refractivity contribution in [2.24, 2.45) is 0 Å². The highest BCUT2D eigenvalue weighted by molar-refractivity contribution is 5.81. The third-order valence-electron chi connectivity index (χ3n) is 4.38. The van der Waals surface area contributed by atoms with Gasteiger partial charge in [-0.15, -0.1) is 0 Å². The van der Waals surface area contributed by atoms with Gasteiger partial charge in [0.05, 0.1) is 7.11 Å². The SMILES string of the molecule is CC[C@H](Oc1ccc(C)cc1C)C(=O)NCCCc1ccccc1OC. The molecule has 0 aliphatic carbocycles. The quantitative estimate of drug-likeness (QED) is 0.685. The van der Waals surface area contributed by atoms with Gasteiger partial charge in [-0.1, -0.05) is 42.8 Å². The van der Waals surface area contributed by atoms with E-state index in [0.717, 1.165) is 35.5 Å². The topological polar surface area (TPSA) is 47.6 Å². The van der Waals surface area contributed by atoms with Crippen LogP contribution in [0.1, 0.15) is 36.5 Å². The number of rotatable bonds is 9. The van der Waals surface area contributed by atoms with Gasteiger partial charge in [0, 0.05) is 6.54 Å². The van der Waals surface area contributed by atoms with Crippen LogP contribution in [-0.4, -0.2) is 25.7 Å². The molecule has 0 aromatic heterocycles. The first-order valence-corrected chi connectivity index (χ1v) is 9.18. The minimum absolute atomic E-state index is 0.0625. The molecule has 1 amide bonds. The number of amides is 1. The molecule has 2 aromatic carbocycles. The summed E-state index contributed by atoms with van der Waals surface area (Å²) in [6.45, 7) is 6.62. The Morgan fingerprint density at radius 2 is 1.88 bits per heavy atom. The molecule has 0 bridgehead atoms. The number of hydrogen-bond acceptors (Lipinski definition) is 3. The zero-order valence-electron chi connectivity index (χ0n) is 16.2. The first-order chi connectivity index (χ1) is 12.5. The first-order valence-electron chi connectivity index (χ1n) is 9.18. The Hall–Kier alpha value is -2.49. The Morgan fingerprint density at radius 1 is 1.12 bits per heavy atom. The van der Waals surface area contributed by atoms with Crippen LogP contribution in [-0.2, 0) is 11.2 Å². The van der Waals surface area contributed by atoms with E-state index in [-0.39, 0.29) is 5.91 Å². The van der Waals surface area contributed by atoms with Gasteiger partial charge >= 0.3 is 0 Å². The van der Waals surface area contributed by atoms with Gasteiger partial charge in [0.25, 0.3) is 5.91 Å². The Morgan fingerprint density at radius 3 is 2.58 bits per heavy atom. The second-order valence-corrected chi connectivity index (χ2v) is 6.49. The summed E-state index contributed by atoms with van der Waals surface area (Å²) in [5.74, 6) is 1.60. The van der Waals surface area contributed by atoms with Crippen molar-refractivity contribution in [2.75, 3.05) is 13.7 Å². The summed E-state index contributed by atoms with van der Waals surface area (Å²) in [6.07, 6.45) is 1.87. The van der Waals surface area contributed by atoms with Crippen molar-refractivity contribution in [3.63, 3.8) is 0 Å². The fourth-order valence-corrected chi connectivity index (χ4v) is 2.92. The van der Waals surface area contributed by atoms with Crippen LogP contribution in [0.2, 0.25) is 0 Å². The Balaban J connectivity index is 1.83. The molecule has 140 valence electrons. The maximum atomic E-state index is 12.4. The van der Waals surface area contributed by atoms with Crippen molar-refractivity contribution in [3.8, 4) is 11.5 Å². The van der Waals surface area contributed by atoms with Gasteiger partial charge in [-0.05, 0) is 56.4 Å². The van der Waals surface area contributed by atoms with Gasteiger partial charge in [0.15, 0.2) is 6.10 Å². The number of aryl methyl sites for hydroxylation is 3. The fraction of sp³-hybridized carbons (Fsp3) is 0.409. The van der Waals surface area contributed by atoms with Crippen molar-refractivity contribution < 1.29 is 14.3 Å². The molecule has 0 aliphatic heterocycles. The second-order valence-electron chi connectivity index (χ2n) is 6.49. The lowest BCUT2D eigenvalue weighted by atomic mass is 10.1. The van der Waals surface area contributed by atoms with E-state index < -0.39 is 6.10 Å². The molecule has 2 rings (SSSR count). The second kappa shape index (κ2) is 9.85. The zero-order chi connectivity index (χ0) is 18.9. The van der Waals surface area contributed by atoms with Gasteiger partial charge < -0.3 is 14.8 Å². The van der Waals surface area contributed by atoms with Crippen molar-refractivity contribution in [1.82, 2.24) is 5.32 Å². The lowest BCUT2D eigenvalue weighted by Gasteiger charge is -2.19. The predicted molar refractivity (Wildman–Crippen MR) is 105 cm³/mol. The van der Waals surface area contributed by atoms with Crippen LogP contribution in [0.5, 0.6) is 11.5 Å². The number of nitrogens with one attached hydrogen (secondary N) is 1. The Kier molecular flexibility index (Phi) is 7.52. The molecule has 0 unspecified atom stereocenters. The molecular weight excluding hydrogens is 326 g/mol. The molecule has 0 aliphatic rings. The van der Waals surface area contributed by atoms with Crippen LogP contribution in [0, 0.1) is 13.8 Å². The third kappa shape index (κ3) is 5.51. The summed E-state index contributed by atoms with van der Waals surface area (Å²) >= 11 is 0. The van der Waals surface area contributed by atoms with Crippen molar-refractivity contribution >= 4 is 5.91 Å². The number of ether oxygens (including phenoxy) is 2. The molecule has 0 saturated carbocycles. The Labute approximate surface area is 156 Å². The van der Waals surface area contributed by atoms with E-state index in [0.29, 0.717) is 13.0 Å². The molecule has 0 saturated heterocycles. The molecule has 0 radical (unpaired) electrons. The third-order valence-corrected chi connectivity index (χ3v) is 4.38. The standard InChI is InChI=1S/C22H29NO3/c1-5-19(26-20-13-12-16(2)15-17(20)3)22(24)23-14-8-10-18-9-6-7-11-21(18)25-4/h6-7,9,11-13,15,19H,5,8,10,14H2,1-4H3,(H,23,24)/t19-/m0/s1. The van der Waals surface area contributed by atoms with Crippen molar-refractivity contribution in [2.45, 2.75) is 46.1 Å². The highest BCUT2D eigenvalue weighted by atomic mass is 16.5. The van der Waals surface area contributed by atoms with Crippen molar-refractivity contribution in [3.05, 3.63) is 59.2 Å². The van der Waals surface area contributed by atoms with Gasteiger partial charge in [0.1, 0.15) is 11.5 Å². The monoisotopic (exact) mass is 355 g/mol. The number of hydrogen-bond donors (Lipinski definition) is 1. The molecule has 4 heteroatoms. The molecule has 1 N–H and O–H groups in total. The van der Waals surface area contributed by atoms with Crippen LogP contribution in [0.3, 0.4) is 0 Å². The van der Waals surface area contributed by atoms with E-state index in [1.54, 1.807) is 7.11 Å². The summed E-state index contributed by atoms with van der Waals surface area (Å²) < 4.78 is 11.3. The maximum Gasteiger partial charge on any atom is 0.261 e. The van der Waals surface area contributed by atoms with E-state index >= 15 is 0 Å². The lowest BCUT2D eigenvalue weighted by molar-refractivity contribution is -0.128. The number of carbonyl (C=O) groups is 1. The number of para-hydroxylation sites is 1. The van der Waals surface area contributed by atoms with E-state index in [1.165, 1.54) is 5.56 Å². The number of methoxy groups -OCH3 is 1. The molecule has 0 fully saturated rings. The van der Waals surface area contributed by atoms with Gasteiger partial charge in [0.2, 0.25) is 0 Å². The molecule has 26 heavy (non-hydrogen) atoms. The molecule has 0 heterocycles. The summed E-state index contributed by atoms with van der Waals surface area (Å²) in [6, 6.07) is 14.0. The van der Waals surface area contributed by atoms with Crippen LogP contribution in [0.15, 0.2) is 42.5 Å². The molecular formula is C22H29NO3. The molecule has 2 aromatic rings. The van der Waals surface area contributed by atoms with E-state index in [4.69, 9.17) is 9.47 Å². The summed E-state index contributed by atoms with van der Waals surface area (Å²) in [4.78, 5) is 12.4. The van der Waals surface area contributed by atoms with Gasteiger partial charge in [-0.3, -0.25) is 4.79 Å². The lowest BCUT2D eigenvalue weighted by Crippen LogP contribution is -2.38. The molecule has 4 nitrogen and oxygen atoms in total.